The van der Waals surface area contributed by atoms with E-state index in [0.717, 1.165) is 2.81 Å². The average molecular weight is 272 g/mol. The van der Waals surface area contributed by atoms with E-state index in [1.807, 2.05) is 0 Å². The summed E-state index contributed by atoms with van der Waals surface area (Å²) in [6.45, 7) is 0. The summed E-state index contributed by atoms with van der Waals surface area (Å²) in [7, 11) is 0. The van der Waals surface area contributed by atoms with Gasteiger partial charge in [-0.1, -0.05) is 0 Å². The molecule has 0 fully saturated rings. The molecule has 0 aliphatic rings. The summed E-state index contributed by atoms with van der Waals surface area (Å²) < 4.78 is 0.776. The molecule has 12 heavy (non-hydrogen) atoms. The van der Waals surface area contributed by atoms with Crippen LogP contribution in [0.4, 0.5) is 0 Å². The zero-order valence-electron chi connectivity index (χ0n) is 5.89. The molecule has 6 heteroatoms. The predicted octanol–water partition coefficient (Wildman–Crippen LogP) is 3.75. The molecule has 0 atom stereocenters. The second-order valence-electron chi connectivity index (χ2n) is 2.19. The van der Waals surface area contributed by atoms with Gasteiger partial charge in [-0.05, 0) is 0 Å². The molecule has 0 N–H and O–H groups in total. The Kier molecular flexibility index (Phi) is 4.36. The van der Waals surface area contributed by atoms with Crippen LogP contribution in [0.15, 0.2) is 0 Å². The Balaban J connectivity index is 3.60. The van der Waals surface area contributed by atoms with E-state index in [1.165, 1.54) is 0 Å². The number of hydrogen-bond acceptors (Lipinski definition) is 0. The van der Waals surface area contributed by atoms with E-state index in [1.54, 1.807) is 0 Å². The molecule has 0 aliphatic heterocycles. The van der Waals surface area contributed by atoms with Crippen molar-refractivity contribution in [1.29, 1.82) is 0 Å². The van der Waals surface area contributed by atoms with Gasteiger partial charge in [0, 0.05) is 0 Å². The van der Waals surface area contributed by atoms with Crippen molar-refractivity contribution in [2.45, 2.75) is 0 Å². The molecule has 0 heterocycles. The van der Waals surface area contributed by atoms with E-state index in [9.17, 15) is 0 Å². The summed E-state index contributed by atoms with van der Waals surface area (Å²) in [6, 6.07) is 0. The monoisotopic (exact) mass is 270 g/mol. The van der Waals surface area contributed by atoms with E-state index >= 15 is 0 Å². The molecule has 1 rings (SSSR count). The van der Waals surface area contributed by atoms with Crippen LogP contribution in [0, 0.1) is 0 Å². The van der Waals surface area contributed by atoms with Gasteiger partial charge in [-0.15, -0.1) is 0 Å². The van der Waals surface area contributed by atoms with Gasteiger partial charge in [-0.25, -0.2) is 0 Å². The van der Waals surface area contributed by atoms with Crippen molar-refractivity contribution in [3.63, 3.8) is 0 Å². The third kappa shape index (κ3) is 2.02. The van der Waals surface area contributed by atoms with E-state index < -0.39 is 0 Å². The summed E-state index contributed by atoms with van der Waals surface area (Å²) in [6.07, 6.45) is 0. The van der Waals surface area contributed by atoms with Crippen molar-refractivity contribution < 1.29 is 0 Å². The van der Waals surface area contributed by atoms with Crippen LogP contribution >= 0.6 is 58.0 Å². The fraction of sp³-hybridized carbons (Fsp3) is 0. The van der Waals surface area contributed by atoms with Gasteiger partial charge < -0.3 is 0 Å². The fourth-order valence-corrected chi connectivity index (χ4v) is 2.76. The molecule has 60 valence electrons. The molecular formula is C6Cl5Na. The van der Waals surface area contributed by atoms with Gasteiger partial charge in [-0.2, -0.15) is 0 Å². The maximum absolute atomic E-state index is 5.84. The topological polar surface area (TPSA) is 0 Å². The Morgan fingerprint density at radius 3 is 1.17 bits per heavy atom. The second kappa shape index (κ2) is 4.46. The quantitative estimate of drug-likeness (QED) is 0.383. The second-order valence-corrected chi connectivity index (χ2v) is 5.08. The average Bonchev–Trinajstić information content (AvgIpc) is 2.08. The summed E-state index contributed by atoms with van der Waals surface area (Å²) in [5, 5.41) is 1.58. The summed E-state index contributed by atoms with van der Waals surface area (Å²) in [5.41, 5.74) is 0. The van der Waals surface area contributed by atoms with Crippen molar-refractivity contribution >= 4 is 88.7 Å². The van der Waals surface area contributed by atoms with Gasteiger partial charge in [0.2, 0.25) is 0 Å². The van der Waals surface area contributed by atoms with Crippen LogP contribution in [-0.2, 0) is 0 Å². The molecule has 0 radical (unpaired) electrons. The SMILES string of the molecule is [Na][c]1c(Cl)c(Cl)c(Cl)c(Cl)c1Cl. The zero-order chi connectivity index (χ0) is 9.46. The molecule has 1 aromatic carbocycles. The van der Waals surface area contributed by atoms with Crippen molar-refractivity contribution in [3.8, 4) is 0 Å². The number of halogens is 5. The fourth-order valence-electron chi connectivity index (χ4n) is 0.715. The molecule has 0 nitrogen and oxygen atoms in total. The maximum atomic E-state index is 5.84. The van der Waals surface area contributed by atoms with Gasteiger partial charge in [0.25, 0.3) is 0 Å². The van der Waals surface area contributed by atoms with E-state index in [2.05, 4.69) is 0 Å². The van der Waals surface area contributed by atoms with Crippen molar-refractivity contribution in [3.05, 3.63) is 25.1 Å². The number of hydrogen-bond donors (Lipinski definition) is 0. The van der Waals surface area contributed by atoms with E-state index in [-0.39, 0.29) is 15.1 Å². The van der Waals surface area contributed by atoms with Gasteiger partial charge in [0.05, 0.1) is 0 Å². The predicted molar refractivity (Wildman–Crippen MR) is 56.9 cm³/mol. The Morgan fingerprint density at radius 2 is 0.833 bits per heavy atom. The van der Waals surface area contributed by atoms with Crippen molar-refractivity contribution in [2.24, 2.45) is 0 Å². The Morgan fingerprint density at radius 1 is 0.583 bits per heavy atom. The first-order chi connectivity index (χ1) is 5.46. The van der Waals surface area contributed by atoms with Gasteiger partial charge in [0.15, 0.2) is 0 Å². The zero-order valence-corrected chi connectivity index (χ0v) is 11.7. The standard InChI is InChI=1S/C6Cl5.Na/c7-2-1-3(8)5(10)6(11)4(2)9;. The van der Waals surface area contributed by atoms with Crippen LogP contribution in [0.5, 0.6) is 0 Å². The van der Waals surface area contributed by atoms with Crippen LogP contribution in [0.2, 0.25) is 25.1 Å². The van der Waals surface area contributed by atoms with Crippen molar-refractivity contribution in [2.75, 3.05) is 0 Å². The molecule has 0 spiro atoms. The minimum atomic E-state index is 0.216. The third-order valence-corrected chi connectivity index (χ3v) is 5.53. The number of benzene rings is 1. The molecule has 0 amide bonds. The van der Waals surface area contributed by atoms with Crippen LogP contribution in [0.25, 0.3) is 0 Å². The Hall–Kier alpha value is 1.67. The molecule has 0 unspecified atom stereocenters. The summed E-state index contributed by atoms with van der Waals surface area (Å²) >= 11 is 29.6. The van der Waals surface area contributed by atoms with Gasteiger partial charge in [-0.3, -0.25) is 0 Å². The van der Waals surface area contributed by atoms with E-state index in [4.69, 9.17) is 58.0 Å². The Labute approximate surface area is 112 Å². The molecule has 0 bridgehead atoms. The first-order valence-electron chi connectivity index (χ1n) is 2.94. The van der Waals surface area contributed by atoms with Gasteiger partial charge >= 0.3 is 114 Å². The molecule has 0 aliphatic carbocycles. The molecular weight excluding hydrogens is 272 g/mol. The van der Waals surface area contributed by atoms with Crippen molar-refractivity contribution in [1.82, 2.24) is 0 Å². The molecule has 0 aromatic heterocycles. The summed E-state index contributed by atoms with van der Waals surface area (Å²) in [5.74, 6) is 0. The van der Waals surface area contributed by atoms with Gasteiger partial charge in [0.1, 0.15) is 0 Å². The molecule has 1 aromatic rings. The summed E-state index contributed by atoms with van der Waals surface area (Å²) in [4.78, 5) is 0. The van der Waals surface area contributed by atoms with Crippen LogP contribution in [-0.4, -0.2) is 27.9 Å². The third-order valence-electron chi connectivity index (χ3n) is 1.43. The van der Waals surface area contributed by atoms with Crippen LogP contribution in [0.3, 0.4) is 0 Å². The van der Waals surface area contributed by atoms with E-state index in [0.29, 0.717) is 38.0 Å². The minimum absolute atomic E-state index is 0.216. The van der Waals surface area contributed by atoms with Crippen LogP contribution in [0.1, 0.15) is 0 Å². The first-order valence-corrected chi connectivity index (χ1v) is 5.83. The normalized spacial score (nSPS) is 10.6. The van der Waals surface area contributed by atoms with Crippen LogP contribution < -0.4 is 2.81 Å². The first kappa shape index (κ1) is 11.7. The molecule has 0 saturated heterocycles. The Bertz CT molecular complexity index is 230. The number of rotatable bonds is 0. The molecule has 0 saturated carbocycles.